The van der Waals surface area contributed by atoms with Crippen molar-refractivity contribution in [1.82, 2.24) is 5.32 Å². The minimum absolute atomic E-state index is 0.0532. The van der Waals surface area contributed by atoms with Crippen LogP contribution in [0.1, 0.15) is 34.3 Å². The maximum absolute atomic E-state index is 12.6. The Hall–Kier alpha value is -2.38. The van der Waals surface area contributed by atoms with E-state index in [1.807, 2.05) is 6.92 Å². The minimum Gasteiger partial charge on any atom is -0.376 e. The van der Waals surface area contributed by atoms with Crippen LogP contribution in [-0.4, -0.2) is 33.6 Å². The number of hydrogen-bond donors (Lipinski definition) is 2. The Morgan fingerprint density at radius 3 is 2.56 bits per heavy atom. The smallest absolute Gasteiger partial charge is 0.261 e. The Kier molecular flexibility index (Phi) is 5.82. The number of aryl methyl sites for hydroxylation is 1. The van der Waals surface area contributed by atoms with Gasteiger partial charge in [-0.3, -0.25) is 9.52 Å². The number of hydrogen-bond acceptors (Lipinski definition) is 4. The lowest BCUT2D eigenvalue weighted by atomic mass is 10.1. The van der Waals surface area contributed by atoms with E-state index in [0.29, 0.717) is 23.4 Å². The normalized spacial score (nSPS) is 16.9. The van der Waals surface area contributed by atoms with Gasteiger partial charge in [0.15, 0.2) is 0 Å². The standard InChI is InChI=1S/C20H24N2O4S/c1-14-8-10-17(11-9-14)27(24,25)22-19-7-3-6-18(15(19)2)20(23)21-13-16-5-4-12-26-16/h3,6-11,16,22H,4-5,12-13H2,1-2H3,(H,21,23). The van der Waals surface area contributed by atoms with Crippen molar-refractivity contribution in [2.24, 2.45) is 0 Å². The zero-order valence-electron chi connectivity index (χ0n) is 15.5. The molecule has 1 aliphatic rings. The summed E-state index contributed by atoms with van der Waals surface area (Å²) < 4.78 is 33.3. The van der Waals surface area contributed by atoms with Crippen molar-refractivity contribution in [2.45, 2.75) is 37.7 Å². The van der Waals surface area contributed by atoms with Crippen LogP contribution in [0.3, 0.4) is 0 Å². The molecule has 0 aromatic heterocycles. The lowest BCUT2D eigenvalue weighted by Crippen LogP contribution is -2.32. The molecule has 0 aliphatic carbocycles. The van der Waals surface area contributed by atoms with Crippen molar-refractivity contribution in [1.29, 1.82) is 0 Å². The van der Waals surface area contributed by atoms with Crippen LogP contribution in [-0.2, 0) is 14.8 Å². The van der Waals surface area contributed by atoms with Crippen LogP contribution in [0.4, 0.5) is 5.69 Å². The van der Waals surface area contributed by atoms with Crippen LogP contribution in [0.5, 0.6) is 0 Å². The zero-order chi connectivity index (χ0) is 19.4. The molecule has 1 heterocycles. The Morgan fingerprint density at radius 1 is 1.15 bits per heavy atom. The van der Waals surface area contributed by atoms with Gasteiger partial charge in [0.25, 0.3) is 15.9 Å². The fourth-order valence-electron chi connectivity index (χ4n) is 3.02. The van der Waals surface area contributed by atoms with Crippen LogP contribution in [0.2, 0.25) is 0 Å². The molecule has 27 heavy (non-hydrogen) atoms. The Labute approximate surface area is 160 Å². The van der Waals surface area contributed by atoms with Crippen LogP contribution in [0.15, 0.2) is 47.4 Å². The number of carbonyl (C=O) groups is 1. The Balaban J connectivity index is 1.75. The summed E-state index contributed by atoms with van der Waals surface area (Å²) in [7, 11) is -3.72. The summed E-state index contributed by atoms with van der Waals surface area (Å²) in [4.78, 5) is 12.7. The summed E-state index contributed by atoms with van der Waals surface area (Å²) in [6.07, 6.45) is 2.00. The summed E-state index contributed by atoms with van der Waals surface area (Å²) in [5.74, 6) is -0.237. The lowest BCUT2D eigenvalue weighted by molar-refractivity contribution is 0.0857. The second-order valence-corrected chi connectivity index (χ2v) is 8.42. The average molecular weight is 388 g/mol. The topological polar surface area (TPSA) is 84.5 Å². The SMILES string of the molecule is Cc1ccc(S(=O)(=O)Nc2cccc(C(=O)NCC3CCCO3)c2C)cc1. The van der Waals surface area contributed by atoms with E-state index in [1.54, 1.807) is 49.4 Å². The maximum Gasteiger partial charge on any atom is 0.261 e. The van der Waals surface area contributed by atoms with E-state index in [4.69, 9.17) is 4.74 Å². The second-order valence-electron chi connectivity index (χ2n) is 6.74. The van der Waals surface area contributed by atoms with Gasteiger partial charge in [-0.15, -0.1) is 0 Å². The number of sulfonamides is 1. The van der Waals surface area contributed by atoms with Gasteiger partial charge in [-0.2, -0.15) is 0 Å². The molecule has 1 saturated heterocycles. The second kappa shape index (κ2) is 8.10. The van der Waals surface area contributed by atoms with E-state index in [2.05, 4.69) is 10.0 Å². The summed E-state index contributed by atoms with van der Waals surface area (Å²) in [5, 5.41) is 2.87. The third-order valence-corrected chi connectivity index (χ3v) is 6.05. The van der Waals surface area contributed by atoms with Gasteiger partial charge in [0.2, 0.25) is 0 Å². The maximum atomic E-state index is 12.6. The molecule has 3 rings (SSSR count). The molecule has 0 bridgehead atoms. The molecule has 1 amide bonds. The predicted octanol–water partition coefficient (Wildman–Crippen LogP) is 3.01. The monoisotopic (exact) mass is 388 g/mol. The quantitative estimate of drug-likeness (QED) is 0.797. The van der Waals surface area contributed by atoms with Gasteiger partial charge in [-0.1, -0.05) is 23.8 Å². The van der Waals surface area contributed by atoms with Gasteiger partial charge >= 0.3 is 0 Å². The number of ether oxygens (including phenoxy) is 1. The highest BCUT2D eigenvalue weighted by Gasteiger charge is 2.20. The largest absolute Gasteiger partial charge is 0.376 e. The number of nitrogens with one attached hydrogen (secondary N) is 2. The molecule has 7 heteroatoms. The molecule has 0 saturated carbocycles. The Morgan fingerprint density at radius 2 is 1.89 bits per heavy atom. The van der Waals surface area contributed by atoms with Crippen molar-refractivity contribution >= 4 is 21.6 Å². The molecular weight excluding hydrogens is 364 g/mol. The van der Waals surface area contributed by atoms with Crippen molar-refractivity contribution in [3.05, 3.63) is 59.2 Å². The average Bonchev–Trinajstić information content (AvgIpc) is 3.15. The first kappa shape index (κ1) is 19.4. The minimum atomic E-state index is -3.72. The highest BCUT2D eigenvalue weighted by molar-refractivity contribution is 7.92. The van der Waals surface area contributed by atoms with E-state index in [1.165, 1.54) is 0 Å². The van der Waals surface area contributed by atoms with Gasteiger partial charge in [0, 0.05) is 18.7 Å². The first-order valence-electron chi connectivity index (χ1n) is 8.96. The van der Waals surface area contributed by atoms with Gasteiger partial charge in [0.1, 0.15) is 0 Å². The van der Waals surface area contributed by atoms with Crippen molar-refractivity contribution < 1.29 is 17.9 Å². The fraction of sp³-hybridized carbons (Fsp3) is 0.350. The van der Waals surface area contributed by atoms with Gasteiger partial charge in [-0.25, -0.2) is 8.42 Å². The third-order valence-electron chi connectivity index (χ3n) is 4.67. The van der Waals surface area contributed by atoms with E-state index < -0.39 is 10.0 Å². The zero-order valence-corrected chi connectivity index (χ0v) is 16.3. The number of rotatable bonds is 6. The molecule has 2 N–H and O–H groups in total. The van der Waals surface area contributed by atoms with E-state index in [0.717, 1.165) is 25.0 Å². The first-order chi connectivity index (χ1) is 12.9. The summed E-state index contributed by atoms with van der Waals surface area (Å²) >= 11 is 0. The highest BCUT2D eigenvalue weighted by Crippen LogP contribution is 2.23. The van der Waals surface area contributed by atoms with Crippen LogP contribution in [0, 0.1) is 13.8 Å². The predicted molar refractivity (Wildman–Crippen MR) is 104 cm³/mol. The number of carbonyl (C=O) groups excluding carboxylic acids is 1. The summed E-state index contributed by atoms with van der Waals surface area (Å²) in [5.41, 5.74) is 2.39. The molecule has 144 valence electrons. The van der Waals surface area contributed by atoms with Crippen molar-refractivity contribution in [2.75, 3.05) is 17.9 Å². The van der Waals surface area contributed by atoms with Gasteiger partial charge < -0.3 is 10.1 Å². The van der Waals surface area contributed by atoms with Crippen molar-refractivity contribution in [3.8, 4) is 0 Å². The van der Waals surface area contributed by atoms with E-state index in [-0.39, 0.29) is 16.9 Å². The van der Waals surface area contributed by atoms with Gasteiger partial charge in [-0.05, 0) is 56.5 Å². The molecule has 6 nitrogen and oxygen atoms in total. The molecule has 1 aliphatic heterocycles. The number of anilines is 1. The van der Waals surface area contributed by atoms with E-state index in [9.17, 15) is 13.2 Å². The molecular formula is C20H24N2O4S. The molecule has 2 aromatic rings. The molecule has 0 radical (unpaired) electrons. The summed E-state index contributed by atoms with van der Waals surface area (Å²) in [6, 6.07) is 11.6. The van der Waals surface area contributed by atoms with Gasteiger partial charge in [0.05, 0.1) is 16.7 Å². The summed E-state index contributed by atoms with van der Waals surface area (Å²) in [6.45, 7) is 4.81. The fourth-order valence-corrected chi connectivity index (χ4v) is 4.14. The molecule has 1 unspecified atom stereocenters. The first-order valence-corrected chi connectivity index (χ1v) is 10.4. The van der Waals surface area contributed by atoms with Crippen LogP contribution < -0.4 is 10.0 Å². The number of amides is 1. The van der Waals surface area contributed by atoms with Crippen molar-refractivity contribution in [3.63, 3.8) is 0 Å². The third kappa shape index (κ3) is 4.67. The van der Waals surface area contributed by atoms with Crippen LogP contribution in [0.25, 0.3) is 0 Å². The lowest BCUT2D eigenvalue weighted by Gasteiger charge is -2.15. The Bertz CT molecular complexity index is 917. The van der Waals surface area contributed by atoms with Crippen LogP contribution >= 0.6 is 0 Å². The molecule has 0 spiro atoms. The molecule has 2 aromatic carbocycles. The highest BCUT2D eigenvalue weighted by atomic mass is 32.2. The van der Waals surface area contributed by atoms with E-state index >= 15 is 0 Å². The molecule has 1 fully saturated rings. The number of benzene rings is 2. The molecule has 1 atom stereocenters.